The fourth-order valence-electron chi connectivity index (χ4n) is 4.85. The summed E-state index contributed by atoms with van der Waals surface area (Å²) in [6, 6.07) is 3.58. The van der Waals surface area contributed by atoms with Crippen molar-refractivity contribution in [2.24, 2.45) is 0 Å². The van der Waals surface area contributed by atoms with E-state index in [9.17, 15) is 23.1 Å². The van der Waals surface area contributed by atoms with Crippen LogP contribution in [-0.2, 0) is 17.7 Å². The fourth-order valence-corrected chi connectivity index (χ4v) is 4.85. The molecule has 0 aliphatic carbocycles. The predicted octanol–water partition coefficient (Wildman–Crippen LogP) is 2.88. The van der Waals surface area contributed by atoms with Crippen LogP contribution in [0, 0.1) is 13.8 Å². The van der Waals surface area contributed by atoms with Crippen molar-refractivity contribution in [3.05, 3.63) is 46.2 Å². The molecule has 4 rings (SSSR count). The molecule has 1 aromatic carbocycles. The van der Waals surface area contributed by atoms with Crippen LogP contribution in [0.15, 0.2) is 16.5 Å². The van der Waals surface area contributed by atoms with Crippen molar-refractivity contribution in [1.29, 1.82) is 0 Å². The van der Waals surface area contributed by atoms with Gasteiger partial charge >= 0.3 is 12.3 Å². The number of amides is 1. The second-order valence-corrected chi connectivity index (χ2v) is 9.65. The maximum atomic E-state index is 12.4. The highest BCUT2D eigenvalue weighted by molar-refractivity contribution is 5.68. The molecule has 36 heavy (non-hydrogen) atoms. The molecule has 0 spiro atoms. The van der Waals surface area contributed by atoms with Crippen LogP contribution >= 0.6 is 0 Å². The van der Waals surface area contributed by atoms with Gasteiger partial charge in [0.2, 0.25) is 11.8 Å². The van der Waals surface area contributed by atoms with E-state index in [0.29, 0.717) is 57.3 Å². The van der Waals surface area contributed by atoms with Crippen molar-refractivity contribution in [3.8, 4) is 0 Å². The van der Waals surface area contributed by atoms with Gasteiger partial charge in [-0.1, -0.05) is 17.7 Å². The molecule has 2 fully saturated rings. The van der Waals surface area contributed by atoms with Crippen molar-refractivity contribution in [2.45, 2.75) is 64.5 Å². The van der Waals surface area contributed by atoms with Gasteiger partial charge in [0.05, 0.1) is 12.5 Å². The summed E-state index contributed by atoms with van der Waals surface area (Å²) < 4.78 is 47.4. The Morgan fingerprint density at radius 3 is 2.67 bits per heavy atom. The van der Waals surface area contributed by atoms with Crippen molar-refractivity contribution in [1.82, 2.24) is 25.3 Å². The van der Waals surface area contributed by atoms with Gasteiger partial charge in [-0.25, -0.2) is 4.79 Å². The number of nitrogens with one attached hydrogen (secondary N) is 1. The highest BCUT2D eigenvalue weighted by atomic mass is 19.4. The second kappa shape index (κ2) is 10.7. The zero-order valence-electron chi connectivity index (χ0n) is 20.6. The molecule has 12 heteroatoms. The Kier molecular flexibility index (Phi) is 7.86. The van der Waals surface area contributed by atoms with Gasteiger partial charge in [0.15, 0.2) is 6.61 Å². The Balaban J connectivity index is 1.39. The van der Waals surface area contributed by atoms with Gasteiger partial charge in [0.1, 0.15) is 6.04 Å². The molecule has 0 bridgehead atoms. The number of aliphatic hydroxyl groups is 1. The lowest BCUT2D eigenvalue weighted by molar-refractivity contribution is -0.163. The first kappa shape index (κ1) is 26.4. The third kappa shape index (κ3) is 6.34. The van der Waals surface area contributed by atoms with E-state index in [4.69, 9.17) is 4.42 Å². The Bertz CT molecular complexity index is 1080. The minimum absolute atomic E-state index is 0.277. The largest absolute Gasteiger partial charge is 0.440 e. The van der Waals surface area contributed by atoms with Crippen LogP contribution < -0.4 is 5.32 Å². The normalized spacial score (nSPS) is 23.3. The topological polar surface area (TPSA) is 104 Å². The first-order chi connectivity index (χ1) is 17.0. The number of rotatable bonds is 6. The smallest absolute Gasteiger partial charge is 0.422 e. The standard InChI is InChI=1S/C24H32F3N5O4/c1-14-8-17(10-20-29-30-22(36-20)21-19(33)4-5-28-21)16(3)18(9-14)12-31-6-7-32(15(2)11-31)23(34)35-13-24(25,26)27/h8-9,15,19,21,28,33H,4-7,10-13H2,1-3H3/t15-,19+,21-/m0/s1. The predicted molar refractivity (Wildman–Crippen MR) is 123 cm³/mol. The number of benzene rings is 1. The number of nitrogens with zero attached hydrogens (tertiary/aromatic N) is 4. The summed E-state index contributed by atoms with van der Waals surface area (Å²) in [5, 5.41) is 21.5. The highest BCUT2D eigenvalue weighted by Crippen LogP contribution is 2.26. The Morgan fingerprint density at radius 1 is 1.25 bits per heavy atom. The summed E-state index contributed by atoms with van der Waals surface area (Å²) in [6.07, 6.45) is -4.92. The number of hydrogen-bond acceptors (Lipinski definition) is 8. The van der Waals surface area contributed by atoms with Crippen LogP contribution in [-0.4, -0.2) is 82.3 Å². The summed E-state index contributed by atoms with van der Waals surface area (Å²) in [6.45, 7) is 6.96. The van der Waals surface area contributed by atoms with Crippen LogP contribution in [0.25, 0.3) is 0 Å². The Hall–Kier alpha value is -2.70. The number of alkyl halides is 3. The Morgan fingerprint density at radius 2 is 2.00 bits per heavy atom. The van der Waals surface area contributed by atoms with Gasteiger partial charge in [0.25, 0.3) is 0 Å². The molecule has 2 aliphatic heterocycles. The van der Waals surface area contributed by atoms with Crippen molar-refractivity contribution >= 4 is 6.09 Å². The third-order valence-corrected chi connectivity index (χ3v) is 6.75. The van der Waals surface area contributed by atoms with Gasteiger partial charge in [-0.2, -0.15) is 13.2 Å². The molecule has 2 aliphatic rings. The average Bonchev–Trinajstić information content (AvgIpc) is 3.43. The van der Waals surface area contributed by atoms with E-state index < -0.39 is 25.0 Å². The van der Waals surface area contributed by atoms with Gasteiger partial charge in [0, 0.05) is 32.2 Å². The monoisotopic (exact) mass is 511 g/mol. The summed E-state index contributed by atoms with van der Waals surface area (Å²) in [5.74, 6) is 0.867. The van der Waals surface area contributed by atoms with Crippen LogP contribution in [0.1, 0.15) is 53.4 Å². The molecule has 0 radical (unpaired) electrons. The van der Waals surface area contributed by atoms with Gasteiger partial charge < -0.3 is 24.5 Å². The Labute approximate surface area is 207 Å². The number of carbonyl (C=O) groups excluding carboxylic acids is 1. The maximum absolute atomic E-state index is 12.4. The number of piperazine rings is 1. The minimum atomic E-state index is -4.54. The number of halogens is 3. The van der Waals surface area contributed by atoms with E-state index in [2.05, 4.69) is 37.3 Å². The molecular weight excluding hydrogens is 479 g/mol. The molecule has 2 N–H and O–H groups in total. The number of hydrogen-bond donors (Lipinski definition) is 2. The molecular formula is C24H32F3N5O4. The van der Waals surface area contributed by atoms with E-state index in [1.54, 1.807) is 6.92 Å². The summed E-state index contributed by atoms with van der Waals surface area (Å²) in [7, 11) is 0. The lowest BCUT2D eigenvalue weighted by atomic mass is 9.96. The molecule has 1 amide bonds. The average molecular weight is 512 g/mol. The number of aliphatic hydroxyl groups excluding tert-OH is 1. The van der Waals surface area contributed by atoms with E-state index in [-0.39, 0.29) is 12.1 Å². The first-order valence-electron chi connectivity index (χ1n) is 12.1. The number of ether oxygens (including phenoxy) is 1. The lowest BCUT2D eigenvalue weighted by Gasteiger charge is -2.39. The summed E-state index contributed by atoms with van der Waals surface area (Å²) >= 11 is 0. The first-order valence-corrected chi connectivity index (χ1v) is 12.1. The van der Waals surface area contributed by atoms with E-state index in [1.165, 1.54) is 4.90 Å². The maximum Gasteiger partial charge on any atom is 0.422 e. The zero-order chi connectivity index (χ0) is 26.0. The van der Waals surface area contributed by atoms with Crippen molar-refractivity contribution in [2.75, 3.05) is 32.8 Å². The highest BCUT2D eigenvalue weighted by Gasteiger charge is 2.34. The van der Waals surface area contributed by atoms with Crippen LogP contribution in [0.5, 0.6) is 0 Å². The molecule has 2 aromatic rings. The number of aromatic nitrogens is 2. The van der Waals surface area contributed by atoms with Gasteiger partial charge in [-0.05, 0) is 50.4 Å². The number of carbonyl (C=O) groups is 1. The molecule has 2 saturated heterocycles. The van der Waals surface area contributed by atoms with Gasteiger partial charge in [-0.15, -0.1) is 10.2 Å². The van der Waals surface area contributed by atoms with Crippen LogP contribution in [0.4, 0.5) is 18.0 Å². The molecule has 9 nitrogen and oxygen atoms in total. The summed E-state index contributed by atoms with van der Waals surface area (Å²) in [4.78, 5) is 15.6. The van der Waals surface area contributed by atoms with E-state index in [0.717, 1.165) is 22.3 Å². The molecule has 3 heterocycles. The molecule has 0 saturated carbocycles. The fraction of sp³-hybridized carbons (Fsp3) is 0.625. The van der Waals surface area contributed by atoms with Crippen molar-refractivity contribution < 1.29 is 32.2 Å². The SMILES string of the molecule is Cc1cc(Cc2nnc([C@H]3NCC[C@H]3O)o2)c(C)c(CN2CCN(C(=O)OCC(F)(F)F)[C@@H](C)C2)c1. The summed E-state index contributed by atoms with van der Waals surface area (Å²) in [5.41, 5.74) is 4.36. The lowest BCUT2D eigenvalue weighted by Crippen LogP contribution is -2.54. The third-order valence-electron chi connectivity index (χ3n) is 6.75. The minimum Gasteiger partial charge on any atom is -0.440 e. The second-order valence-electron chi connectivity index (χ2n) is 9.65. The molecule has 198 valence electrons. The molecule has 1 aromatic heterocycles. The van der Waals surface area contributed by atoms with E-state index in [1.807, 2.05) is 13.8 Å². The van der Waals surface area contributed by atoms with Crippen LogP contribution in [0.3, 0.4) is 0 Å². The van der Waals surface area contributed by atoms with Crippen molar-refractivity contribution in [3.63, 3.8) is 0 Å². The van der Waals surface area contributed by atoms with Gasteiger partial charge in [-0.3, -0.25) is 4.90 Å². The number of aryl methyl sites for hydroxylation is 1. The quantitative estimate of drug-likeness (QED) is 0.610. The van der Waals surface area contributed by atoms with Crippen LogP contribution in [0.2, 0.25) is 0 Å². The zero-order valence-corrected chi connectivity index (χ0v) is 20.6. The van der Waals surface area contributed by atoms with E-state index >= 15 is 0 Å². The molecule has 3 atom stereocenters. The molecule has 0 unspecified atom stereocenters.